The predicted molar refractivity (Wildman–Crippen MR) is 92.9 cm³/mol. The van der Waals surface area contributed by atoms with Gasteiger partial charge in [-0.1, -0.05) is 11.6 Å². The molecule has 0 aliphatic heterocycles. The van der Waals surface area contributed by atoms with Crippen LogP contribution in [0.4, 0.5) is 0 Å². The molecule has 6 heteroatoms. The number of nitrogens with zero attached hydrogens (tertiary/aromatic N) is 2. The van der Waals surface area contributed by atoms with E-state index >= 15 is 0 Å². The topological polar surface area (TPSA) is 44.1 Å². The van der Waals surface area contributed by atoms with Crippen LogP contribution in [0.15, 0.2) is 35.4 Å². The highest BCUT2D eigenvalue weighted by atomic mass is 35.5. The minimum Gasteiger partial charge on any atom is -0.492 e. The van der Waals surface area contributed by atoms with Crippen LogP contribution < -0.4 is 10.3 Å². The van der Waals surface area contributed by atoms with Crippen molar-refractivity contribution in [3.8, 4) is 5.75 Å². The lowest BCUT2D eigenvalue weighted by Crippen LogP contribution is -2.23. The summed E-state index contributed by atoms with van der Waals surface area (Å²) in [6.45, 7) is 0.899. The Morgan fingerprint density at radius 2 is 2.09 bits per heavy atom. The van der Waals surface area contributed by atoms with Crippen LogP contribution in [0.25, 0.3) is 10.2 Å². The van der Waals surface area contributed by atoms with E-state index in [2.05, 4.69) is 4.98 Å². The molecule has 1 aliphatic rings. The van der Waals surface area contributed by atoms with E-state index in [1.165, 1.54) is 10.4 Å². The Morgan fingerprint density at radius 1 is 1.26 bits per heavy atom. The van der Waals surface area contributed by atoms with Gasteiger partial charge in [0.05, 0.1) is 18.3 Å². The first kappa shape index (κ1) is 14.7. The second-order valence-electron chi connectivity index (χ2n) is 5.58. The zero-order chi connectivity index (χ0) is 15.8. The summed E-state index contributed by atoms with van der Waals surface area (Å²) in [4.78, 5) is 19.3. The Kier molecular flexibility index (Phi) is 3.83. The zero-order valence-electron chi connectivity index (χ0n) is 12.4. The highest BCUT2D eigenvalue weighted by Crippen LogP contribution is 2.34. The van der Waals surface area contributed by atoms with E-state index in [1.807, 2.05) is 12.1 Å². The van der Waals surface area contributed by atoms with Crippen molar-refractivity contribution in [1.29, 1.82) is 0 Å². The summed E-state index contributed by atoms with van der Waals surface area (Å²) in [5.74, 6) is 0.743. The number of aromatic nitrogens is 2. The number of rotatable bonds is 4. The average molecular weight is 347 g/mol. The molecule has 4 rings (SSSR count). The van der Waals surface area contributed by atoms with Crippen molar-refractivity contribution >= 4 is 33.2 Å². The van der Waals surface area contributed by atoms with Gasteiger partial charge in [-0.2, -0.15) is 0 Å². The Balaban J connectivity index is 1.54. The normalized spacial score (nSPS) is 13.4. The van der Waals surface area contributed by atoms with Gasteiger partial charge in [-0.25, -0.2) is 4.98 Å². The van der Waals surface area contributed by atoms with Crippen LogP contribution in [0.5, 0.6) is 5.75 Å². The van der Waals surface area contributed by atoms with Crippen LogP contribution in [0.1, 0.15) is 16.9 Å². The molecule has 0 saturated heterocycles. The summed E-state index contributed by atoms with van der Waals surface area (Å²) in [6, 6.07) is 7.20. The third-order valence-electron chi connectivity index (χ3n) is 4.11. The summed E-state index contributed by atoms with van der Waals surface area (Å²) in [5.41, 5.74) is 1.27. The lowest BCUT2D eigenvalue weighted by Gasteiger charge is -2.08. The fourth-order valence-electron chi connectivity index (χ4n) is 2.97. The highest BCUT2D eigenvalue weighted by molar-refractivity contribution is 7.18. The van der Waals surface area contributed by atoms with E-state index in [9.17, 15) is 4.79 Å². The van der Waals surface area contributed by atoms with E-state index < -0.39 is 0 Å². The number of ether oxygens (including phenoxy) is 1. The molecule has 0 unspecified atom stereocenters. The van der Waals surface area contributed by atoms with Crippen molar-refractivity contribution in [3.05, 3.63) is 56.4 Å². The van der Waals surface area contributed by atoms with Crippen LogP contribution in [0.2, 0.25) is 5.02 Å². The molecular weight excluding hydrogens is 332 g/mol. The van der Waals surface area contributed by atoms with E-state index in [-0.39, 0.29) is 5.56 Å². The largest absolute Gasteiger partial charge is 0.492 e. The standard InChI is InChI=1S/C17H15ClN2O2S/c18-11-4-6-12(7-5-11)22-9-8-20-10-19-16-15(17(20)21)13-2-1-3-14(13)23-16/h4-7,10H,1-3,8-9H2. The van der Waals surface area contributed by atoms with Gasteiger partial charge in [-0.3, -0.25) is 9.36 Å². The maximum atomic E-state index is 12.7. The SMILES string of the molecule is O=c1c2c3c(sc2ncn1CCOc1ccc(Cl)cc1)CCC3. The van der Waals surface area contributed by atoms with Crippen LogP contribution in [0.3, 0.4) is 0 Å². The van der Waals surface area contributed by atoms with Gasteiger partial charge >= 0.3 is 0 Å². The third kappa shape index (κ3) is 2.75. The van der Waals surface area contributed by atoms with Gasteiger partial charge in [-0.05, 0) is 49.1 Å². The third-order valence-corrected chi connectivity index (χ3v) is 5.56. The molecule has 0 spiro atoms. The van der Waals surface area contributed by atoms with Crippen molar-refractivity contribution in [3.63, 3.8) is 0 Å². The Hall–Kier alpha value is -1.85. The molecule has 4 nitrogen and oxygen atoms in total. The van der Waals surface area contributed by atoms with Crippen LogP contribution in [-0.4, -0.2) is 16.2 Å². The lowest BCUT2D eigenvalue weighted by molar-refractivity contribution is 0.296. The highest BCUT2D eigenvalue weighted by Gasteiger charge is 2.21. The number of thiophene rings is 1. The molecule has 0 amide bonds. The maximum absolute atomic E-state index is 12.7. The van der Waals surface area contributed by atoms with Crippen molar-refractivity contribution in [1.82, 2.24) is 9.55 Å². The summed E-state index contributed by atoms with van der Waals surface area (Å²) in [6.07, 6.45) is 4.85. The summed E-state index contributed by atoms with van der Waals surface area (Å²) < 4.78 is 7.31. The Bertz CT molecular complexity index is 915. The number of halogens is 1. The number of hydrogen-bond donors (Lipinski definition) is 0. The minimum absolute atomic E-state index is 0.0501. The summed E-state index contributed by atoms with van der Waals surface area (Å²) in [5, 5.41) is 1.49. The van der Waals surface area contributed by atoms with E-state index in [0.29, 0.717) is 18.2 Å². The van der Waals surface area contributed by atoms with E-state index in [0.717, 1.165) is 35.2 Å². The molecule has 0 saturated carbocycles. The number of benzene rings is 1. The summed E-state index contributed by atoms with van der Waals surface area (Å²) in [7, 11) is 0. The maximum Gasteiger partial charge on any atom is 0.262 e. The molecule has 0 atom stereocenters. The molecule has 0 N–H and O–H groups in total. The quantitative estimate of drug-likeness (QED) is 0.723. The smallest absolute Gasteiger partial charge is 0.262 e. The van der Waals surface area contributed by atoms with Gasteiger partial charge in [0.25, 0.3) is 5.56 Å². The second kappa shape index (κ2) is 5.98. The number of fused-ring (bicyclic) bond motifs is 3. The number of hydrogen-bond acceptors (Lipinski definition) is 4. The van der Waals surface area contributed by atoms with Crippen LogP contribution >= 0.6 is 22.9 Å². The molecular formula is C17H15ClN2O2S. The fraction of sp³-hybridized carbons (Fsp3) is 0.294. The minimum atomic E-state index is 0.0501. The van der Waals surface area contributed by atoms with Gasteiger partial charge in [-0.15, -0.1) is 11.3 Å². The van der Waals surface area contributed by atoms with E-state index in [4.69, 9.17) is 16.3 Å². The van der Waals surface area contributed by atoms with E-state index in [1.54, 1.807) is 34.4 Å². The molecule has 2 aromatic heterocycles. The monoisotopic (exact) mass is 346 g/mol. The second-order valence-corrected chi connectivity index (χ2v) is 7.10. The molecule has 2 heterocycles. The van der Waals surface area contributed by atoms with Gasteiger partial charge in [0.1, 0.15) is 17.2 Å². The van der Waals surface area contributed by atoms with Gasteiger partial charge in [0.2, 0.25) is 0 Å². The molecule has 118 valence electrons. The van der Waals surface area contributed by atoms with Gasteiger partial charge in [0.15, 0.2) is 0 Å². The van der Waals surface area contributed by atoms with Crippen LogP contribution in [0, 0.1) is 0 Å². The van der Waals surface area contributed by atoms with Crippen molar-refractivity contribution < 1.29 is 4.74 Å². The van der Waals surface area contributed by atoms with Crippen molar-refractivity contribution in [2.24, 2.45) is 0 Å². The first-order chi connectivity index (χ1) is 11.2. The zero-order valence-corrected chi connectivity index (χ0v) is 14.0. The molecule has 23 heavy (non-hydrogen) atoms. The molecule has 1 aromatic carbocycles. The first-order valence-electron chi connectivity index (χ1n) is 7.60. The average Bonchev–Trinajstić information content (AvgIpc) is 3.12. The van der Waals surface area contributed by atoms with Crippen molar-refractivity contribution in [2.75, 3.05) is 6.61 Å². The van der Waals surface area contributed by atoms with Crippen LogP contribution in [-0.2, 0) is 19.4 Å². The molecule has 0 bridgehead atoms. The summed E-state index contributed by atoms with van der Waals surface area (Å²) >= 11 is 7.51. The fourth-order valence-corrected chi connectivity index (χ4v) is 4.32. The van der Waals surface area contributed by atoms with Crippen molar-refractivity contribution in [2.45, 2.75) is 25.8 Å². The Labute approximate surface area is 142 Å². The number of aryl methyl sites for hydroxylation is 2. The molecule has 1 aliphatic carbocycles. The van der Waals surface area contributed by atoms with Gasteiger partial charge in [0, 0.05) is 9.90 Å². The lowest BCUT2D eigenvalue weighted by atomic mass is 10.2. The first-order valence-corrected chi connectivity index (χ1v) is 8.80. The van der Waals surface area contributed by atoms with Gasteiger partial charge < -0.3 is 4.74 Å². The predicted octanol–water partition coefficient (Wildman–Crippen LogP) is 3.68. The molecule has 0 fully saturated rings. The molecule has 3 aromatic rings. The Morgan fingerprint density at radius 3 is 2.91 bits per heavy atom. The molecule has 0 radical (unpaired) electrons.